The van der Waals surface area contributed by atoms with Crippen LogP contribution in [-0.2, 0) is 31.3 Å². The summed E-state index contributed by atoms with van der Waals surface area (Å²) in [7, 11) is 2.00. The fourth-order valence-corrected chi connectivity index (χ4v) is 3.44. The van der Waals surface area contributed by atoms with Crippen LogP contribution < -0.4 is 14.7 Å². The number of rotatable bonds is 3. The van der Waals surface area contributed by atoms with Crippen LogP contribution in [0.4, 0.5) is 0 Å². The minimum absolute atomic E-state index is 0. The van der Waals surface area contributed by atoms with Crippen molar-refractivity contribution >= 4 is 13.3 Å². The molecule has 0 N–H and O–H groups in total. The summed E-state index contributed by atoms with van der Waals surface area (Å²) in [6, 6.07) is 5.95. The van der Waals surface area contributed by atoms with E-state index in [0.29, 0.717) is 0 Å². The van der Waals surface area contributed by atoms with E-state index in [9.17, 15) is 0 Å². The molecule has 21 heavy (non-hydrogen) atoms. The zero-order valence-corrected chi connectivity index (χ0v) is 15.0. The van der Waals surface area contributed by atoms with Gasteiger partial charge in [0.15, 0.2) is 0 Å². The Hall–Kier alpha value is -1.21. The molecule has 0 unspecified atom stereocenters. The summed E-state index contributed by atoms with van der Waals surface area (Å²) < 4.78 is 33.2. The summed E-state index contributed by atoms with van der Waals surface area (Å²) in [4.78, 5) is 0. The molecule has 114 valence electrons. The van der Waals surface area contributed by atoms with Crippen LogP contribution in [0.1, 0.15) is 0 Å². The Morgan fingerprint density at radius 2 is 1.10 bits per heavy atom. The van der Waals surface area contributed by atoms with Crippen molar-refractivity contribution in [1.29, 1.82) is 0 Å². The fraction of sp³-hybridized carbons (Fsp3) is 0.357. The maximum absolute atomic E-state index is 7.50. The van der Waals surface area contributed by atoms with Crippen molar-refractivity contribution < 1.29 is 40.8 Å². The van der Waals surface area contributed by atoms with Gasteiger partial charge >= 0.3 is 33.9 Å². The van der Waals surface area contributed by atoms with E-state index in [1.165, 1.54) is 5.19 Å². The average Bonchev–Trinajstić information content (AvgIpc) is 2.51. The van der Waals surface area contributed by atoms with E-state index in [2.05, 4.69) is 39.6 Å². The van der Waals surface area contributed by atoms with Crippen molar-refractivity contribution in [2.24, 2.45) is 0 Å². The van der Waals surface area contributed by atoms with Crippen LogP contribution in [0.25, 0.3) is 0 Å². The minimum Gasteiger partial charge on any atom is 0 e. The molecule has 0 aliphatic rings. The molecule has 0 atom stereocenters. The van der Waals surface area contributed by atoms with Crippen LogP contribution in [-0.4, -0.2) is 22.3 Å². The second-order valence-electron chi connectivity index (χ2n) is 4.29. The third-order valence-electron chi connectivity index (χ3n) is 2.18. The van der Waals surface area contributed by atoms with Crippen LogP contribution in [0.5, 0.6) is 11.5 Å². The minimum atomic E-state index is -1.41. The summed E-state index contributed by atoms with van der Waals surface area (Å²) in [6.07, 6.45) is 0. The molecule has 0 saturated carbocycles. The molecule has 0 heterocycles. The standard InChI is InChI=1S/C11H18O2Si.3CO.Cr/c1-12-9-7-6-8-10(13-2)11(9)14(3,4)5;3*1-2;/h6-8H,1-5H3;;;;. The summed E-state index contributed by atoms with van der Waals surface area (Å²) in [6.45, 7) is 20.4. The molecule has 0 spiro atoms. The Balaban J connectivity index is -0.000000183. The maximum atomic E-state index is 7.50. The number of hydrogen-bond acceptors (Lipinski definition) is 2. The first-order chi connectivity index (χ1) is 9.50. The van der Waals surface area contributed by atoms with Crippen molar-refractivity contribution in [3.63, 3.8) is 0 Å². The van der Waals surface area contributed by atoms with Crippen molar-refractivity contribution in [2.45, 2.75) is 19.6 Å². The Labute approximate surface area is 137 Å². The molecule has 0 amide bonds. The molecule has 0 fully saturated rings. The predicted octanol–water partition coefficient (Wildman–Crippen LogP) is 2.13. The summed E-state index contributed by atoms with van der Waals surface area (Å²) >= 11 is 0. The fourth-order valence-electron chi connectivity index (χ4n) is 1.59. The quantitative estimate of drug-likeness (QED) is 0.477. The molecule has 1 rings (SSSR count). The Morgan fingerprint density at radius 1 is 0.810 bits per heavy atom. The molecule has 0 aliphatic heterocycles. The van der Waals surface area contributed by atoms with E-state index in [4.69, 9.17) is 23.4 Å². The van der Waals surface area contributed by atoms with Crippen LogP contribution in [0.3, 0.4) is 0 Å². The van der Waals surface area contributed by atoms with Gasteiger partial charge in [-0.15, -0.1) is 0 Å². The van der Waals surface area contributed by atoms with E-state index in [1.54, 1.807) is 14.2 Å². The summed E-state index contributed by atoms with van der Waals surface area (Å²) in [5, 5.41) is 1.25. The molecule has 0 aromatic heterocycles. The van der Waals surface area contributed by atoms with Gasteiger partial charge in [0.05, 0.1) is 22.3 Å². The van der Waals surface area contributed by atoms with Crippen LogP contribution in [0.2, 0.25) is 19.6 Å². The Bertz CT molecular complexity index is 399. The van der Waals surface area contributed by atoms with Crippen LogP contribution in [0.15, 0.2) is 18.2 Å². The molecule has 5 nitrogen and oxygen atoms in total. The van der Waals surface area contributed by atoms with E-state index >= 15 is 0 Å². The third-order valence-corrected chi connectivity index (χ3v) is 4.17. The van der Waals surface area contributed by atoms with E-state index in [0.717, 1.165) is 11.5 Å². The van der Waals surface area contributed by atoms with Crippen LogP contribution >= 0.6 is 0 Å². The molecule has 7 heteroatoms. The number of ether oxygens (including phenoxy) is 2. The van der Waals surface area contributed by atoms with Crippen molar-refractivity contribution in [1.82, 2.24) is 0 Å². The second-order valence-corrected chi connectivity index (χ2v) is 9.29. The number of methoxy groups -OCH3 is 2. The molecular weight excluding hydrogens is 328 g/mol. The van der Waals surface area contributed by atoms with Gasteiger partial charge in [-0.2, -0.15) is 0 Å². The molecule has 1 aromatic rings. The first-order valence-corrected chi connectivity index (χ1v) is 8.83. The van der Waals surface area contributed by atoms with Gasteiger partial charge in [-0.3, -0.25) is 0 Å². The normalized spacial score (nSPS) is 7.76. The molecule has 1 aromatic carbocycles. The SMILES string of the molecule is COc1cccc(OC)c1[Si](C)(C)C.[C-]#[O+].[C-]#[O+].[C-]#[O+].[Cr]. The molecule has 0 radical (unpaired) electrons. The van der Waals surface area contributed by atoms with Gasteiger partial charge in [0.1, 0.15) is 11.5 Å². The molecule has 0 saturated heterocycles. The van der Waals surface area contributed by atoms with E-state index < -0.39 is 8.07 Å². The smallest absolute Gasteiger partial charge is 0 e. The summed E-state index contributed by atoms with van der Waals surface area (Å²) in [5.74, 6) is 1.90. The van der Waals surface area contributed by atoms with Gasteiger partial charge in [0.2, 0.25) is 0 Å². The van der Waals surface area contributed by atoms with Gasteiger partial charge in [-0.25, -0.2) is 0 Å². The van der Waals surface area contributed by atoms with Gasteiger partial charge in [-0.1, -0.05) is 25.7 Å². The van der Waals surface area contributed by atoms with Crippen molar-refractivity contribution in [2.75, 3.05) is 14.2 Å². The van der Waals surface area contributed by atoms with Gasteiger partial charge in [0.25, 0.3) is 0 Å². The third kappa shape index (κ3) is 10.2. The Kier molecular flexibility index (Phi) is 22.5. The molecular formula is C14H18CrO5Si. The van der Waals surface area contributed by atoms with Gasteiger partial charge < -0.3 is 9.47 Å². The first-order valence-electron chi connectivity index (χ1n) is 5.33. The number of hydrogen-bond donors (Lipinski definition) is 0. The Morgan fingerprint density at radius 3 is 1.29 bits per heavy atom. The summed E-state index contributed by atoms with van der Waals surface area (Å²) in [5.41, 5.74) is 0. The molecule has 0 bridgehead atoms. The zero-order valence-electron chi connectivity index (χ0n) is 12.7. The maximum Gasteiger partial charge on any atom is 0 e. The largest absolute Gasteiger partial charge is 0 e. The van der Waals surface area contributed by atoms with Gasteiger partial charge in [0, 0.05) is 22.5 Å². The van der Waals surface area contributed by atoms with Gasteiger partial charge in [-0.05, 0) is 12.1 Å². The second kappa shape index (κ2) is 16.8. The van der Waals surface area contributed by atoms with Crippen molar-refractivity contribution in [3.8, 4) is 11.5 Å². The van der Waals surface area contributed by atoms with E-state index in [1.807, 2.05) is 18.2 Å². The number of benzene rings is 1. The topological polar surface area (TPSA) is 78.2 Å². The zero-order chi connectivity index (χ0) is 16.8. The van der Waals surface area contributed by atoms with Crippen LogP contribution in [0, 0.1) is 20.0 Å². The predicted molar refractivity (Wildman–Crippen MR) is 74.3 cm³/mol. The average molecular weight is 346 g/mol. The monoisotopic (exact) mass is 346 g/mol. The van der Waals surface area contributed by atoms with Crippen molar-refractivity contribution in [3.05, 3.63) is 38.2 Å². The van der Waals surface area contributed by atoms with E-state index in [-0.39, 0.29) is 17.4 Å². The molecule has 0 aliphatic carbocycles. The first kappa shape index (κ1) is 28.0.